The van der Waals surface area contributed by atoms with Crippen molar-refractivity contribution in [3.8, 4) is 0 Å². The summed E-state index contributed by atoms with van der Waals surface area (Å²) < 4.78 is 10.6. The minimum atomic E-state index is -0.491. The van der Waals surface area contributed by atoms with Crippen LogP contribution in [0.3, 0.4) is 0 Å². The number of aliphatic hydroxyl groups excluding tert-OH is 1. The van der Waals surface area contributed by atoms with Crippen LogP contribution in [0.25, 0.3) is 0 Å². The molecule has 104 valence electrons. The van der Waals surface area contributed by atoms with Crippen molar-refractivity contribution >= 4 is 6.09 Å². The highest BCUT2D eigenvalue weighted by molar-refractivity contribution is 5.68. The van der Waals surface area contributed by atoms with Crippen molar-refractivity contribution in [1.29, 1.82) is 0 Å². The Labute approximate surface area is 108 Å². The second kappa shape index (κ2) is 4.70. The summed E-state index contributed by atoms with van der Waals surface area (Å²) in [7, 11) is 0. The molecule has 0 aromatic rings. The first-order valence-corrected chi connectivity index (χ1v) is 6.59. The molecule has 18 heavy (non-hydrogen) atoms. The van der Waals surface area contributed by atoms with Gasteiger partial charge in [0.2, 0.25) is 0 Å². The molecule has 2 aliphatic rings. The van der Waals surface area contributed by atoms with Gasteiger partial charge in [-0.15, -0.1) is 0 Å². The van der Waals surface area contributed by atoms with Crippen LogP contribution in [-0.4, -0.2) is 42.2 Å². The van der Waals surface area contributed by atoms with Crippen LogP contribution in [0.1, 0.15) is 40.0 Å². The average molecular weight is 257 g/mol. The van der Waals surface area contributed by atoms with Crippen molar-refractivity contribution in [2.45, 2.75) is 57.8 Å². The molecule has 1 spiro atoms. The van der Waals surface area contributed by atoms with Crippen LogP contribution in [0.5, 0.6) is 0 Å². The molecule has 0 bridgehead atoms. The van der Waals surface area contributed by atoms with E-state index in [-0.39, 0.29) is 17.6 Å². The summed E-state index contributed by atoms with van der Waals surface area (Å²) in [5.41, 5.74) is -0.690. The number of aliphatic hydroxyl groups is 1. The van der Waals surface area contributed by atoms with Crippen LogP contribution in [-0.2, 0) is 9.47 Å². The van der Waals surface area contributed by atoms with Crippen molar-refractivity contribution < 1.29 is 19.4 Å². The molecule has 0 radical (unpaired) electrons. The van der Waals surface area contributed by atoms with Gasteiger partial charge < -0.3 is 19.9 Å². The van der Waals surface area contributed by atoms with E-state index in [1.165, 1.54) is 0 Å². The quantitative estimate of drug-likeness (QED) is 0.746. The fraction of sp³-hybridized carbons (Fsp3) is 0.923. The maximum atomic E-state index is 11.7. The van der Waals surface area contributed by atoms with E-state index >= 15 is 0 Å². The second-order valence-electron chi connectivity index (χ2n) is 6.30. The number of alkyl carbamates (subject to hydrolysis) is 1. The zero-order valence-corrected chi connectivity index (χ0v) is 11.4. The Morgan fingerprint density at radius 3 is 2.50 bits per heavy atom. The fourth-order valence-electron chi connectivity index (χ4n) is 2.85. The lowest BCUT2D eigenvalue weighted by molar-refractivity contribution is -0.147. The monoisotopic (exact) mass is 257 g/mol. The molecule has 0 aromatic carbocycles. The van der Waals surface area contributed by atoms with Crippen molar-refractivity contribution in [3.63, 3.8) is 0 Å². The lowest BCUT2D eigenvalue weighted by atomic mass is 9.58. The summed E-state index contributed by atoms with van der Waals surface area (Å²) in [6, 6.07) is 0.00579. The van der Waals surface area contributed by atoms with E-state index in [9.17, 15) is 9.90 Å². The van der Waals surface area contributed by atoms with Crippen molar-refractivity contribution in [2.75, 3.05) is 13.2 Å². The highest BCUT2D eigenvalue weighted by atomic mass is 16.6. The minimum Gasteiger partial charge on any atom is -0.444 e. The summed E-state index contributed by atoms with van der Waals surface area (Å²) in [5.74, 6) is 0. The zero-order valence-electron chi connectivity index (χ0n) is 11.4. The highest BCUT2D eigenvalue weighted by Crippen LogP contribution is 2.48. The molecule has 1 saturated carbocycles. The topological polar surface area (TPSA) is 67.8 Å². The van der Waals surface area contributed by atoms with Crippen LogP contribution < -0.4 is 5.32 Å². The molecule has 2 rings (SSSR count). The lowest BCUT2D eigenvalue weighted by Crippen LogP contribution is -2.66. The molecule has 0 aromatic heterocycles. The number of nitrogens with one attached hydrogen (secondary N) is 1. The molecule has 1 amide bonds. The van der Waals surface area contributed by atoms with E-state index in [0.29, 0.717) is 19.6 Å². The van der Waals surface area contributed by atoms with Crippen molar-refractivity contribution in [3.05, 3.63) is 0 Å². The number of carbonyl (C=O) groups excluding carboxylic acids is 1. The van der Waals surface area contributed by atoms with E-state index in [2.05, 4.69) is 5.32 Å². The van der Waals surface area contributed by atoms with Gasteiger partial charge in [-0.05, 0) is 40.0 Å². The van der Waals surface area contributed by atoms with E-state index in [0.717, 1.165) is 12.8 Å². The molecule has 0 unspecified atom stereocenters. The van der Waals surface area contributed by atoms with Crippen molar-refractivity contribution in [2.24, 2.45) is 5.41 Å². The van der Waals surface area contributed by atoms with E-state index in [4.69, 9.17) is 9.47 Å². The van der Waals surface area contributed by atoms with Crippen LogP contribution in [0.2, 0.25) is 0 Å². The van der Waals surface area contributed by atoms with Gasteiger partial charge in [-0.1, -0.05) is 0 Å². The molecule has 2 atom stereocenters. The molecule has 5 heteroatoms. The van der Waals surface area contributed by atoms with Gasteiger partial charge in [0.1, 0.15) is 5.60 Å². The van der Waals surface area contributed by atoms with Gasteiger partial charge >= 0.3 is 6.09 Å². The van der Waals surface area contributed by atoms with E-state index < -0.39 is 11.7 Å². The summed E-state index contributed by atoms with van der Waals surface area (Å²) in [4.78, 5) is 11.7. The van der Waals surface area contributed by atoms with Gasteiger partial charge in [-0.25, -0.2) is 4.79 Å². The smallest absolute Gasteiger partial charge is 0.407 e. The Morgan fingerprint density at radius 1 is 1.39 bits per heavy atom. The Bertz CT molecular complexity index is 317. The fourth-order valence-corrected chi connectivity index (χ4v) is 2.85. The van der Waals surface area contributed by atoms with E-state index in [1.807, 2.05) is 20.8 Å². The SMILES string of the molecule is CC(C)(C)OC(=O)N[C@@H]1C[C@@H](O)C12CCOCC2. The first-order valence-electron chi connectivity index (χ1n) is 6.59. The predicted molar refractivity (Wildman–Crippen MR) is 66.3 cm³/mol. The molecule has 2 fully saturated rings. The van der Waals surface area contributed by atoms with Crippen LogP contribution in [0.15, 0.2) is 0 Å². The molecular formula is C13H23NO4. The van der Waals surface area contributed by atoms with Gasteiger partial charge in [0.15, 0.2) is 0 Å². The predicted octanol–water partition coefficient (Wildman–Crippen LogP) is 1.44. The normalized spacial score (nSPS) is 30.7. The average Bonchev–Trinajstić information content (AvgIpc) is 2.27. The first kappa shape index (κ1) is 13.6. The van der Waals surface area contributed by atoms with Gasteiger partial charge in [-0.2, -0.15) is 0 Å². The molecule has 1 saturated heterocycles. The molecule has 5 nitrogen and oxygen atoms in total. The Morgan fingerprint density at radius 2 is 2.00 bits per heavy atom. The zero-order chi connectivity index (χ0) is 13.4. The molecule has 1 aliphatic carbocycles. The largest absolute Gasteiger partial charge is 0.444 e. The Kier molecular flexibility index (Phi) is 3.56. The number of hydrogen-bond acceptors (Lipinski definition) is 4. The standard InChI is InChI=1S/C13H23NO4/c1-12(2,3)18-11(16)14-9-8-10(15)13(9)4-6-17-7-5-13/h9-10,15H,4-8H2,1-3H3,(H,14,16)/t9-,10-/m1/s1. The maximum Gasteiger partial charge on any atom is 0.407 e. The third kappa shape index (κ3) is 2.62. The molecular weight excluding hydrogens is 234 g/mol. The minimum absolute atomic E-state index is 0.00579. The number of carbonyl (C=O) groups is 1. The summed E-state index contributed by atoms with van der Waals surface area (Å²) in [6.07, 6.45) is 1.48. The highest BCUT2D eigenvalue weighted by Gasteiger charge is 2.55. The summed E-state index contributed by atoms with van der Waals surface area (Å²) in [6.45, 7) is 6.83. The summed E-state index contributed by atoms with van der Waals surface area (Å²) >= 11 is 0. The molecule has 2 N–H and O–H groups in total. The van der Waals surface area contributed by atoms with Gasteiger partial charge in [-0.3, -0.25) is 0 Å². The van der Waals surface area contributed by atoms with Crippen molar-refractivity contribution in [1.82, 2.24) is 5.32 Å². The number of amides is 1. The van der Waals surface area contributed by atoms with Gasteiger partial charge in [0.25, 0.3) is 0 Å². The third-order valence-corrected chi connectivity index (χ3v) is 3.93. The van der Waals surface area contributed by atoms with Crippen LogP contribution in [0, 0.1) is 5.41 Å². The second-order valence-corrected chi connectivity index (χ2v) is 6.30. The summed E-state index contributed by atoms with van der Waals surface area (Å²) in [5, 5.41) is 12.9. The van der Waals surface area contributed by atoms with Crippen LogP contribution >= 0.6 is 0 Å². The lowest BCUT2D eigenvalue weighted by Gasteiger charge is -2.55. The maximum absolute atomic E-state index is 11.7. The first-order chi connectivity index (χ1) is 8.33. The van der Waals surface area contributed by atoms with Gasteiger partial charge in [0, 0.05) is 24.7 Å². The molecule has 1 aliphatic heterocycles. The van der Waals surface area contributed by atoms with Crippen LogP contribution in [0.4, 0.5) is 4.79 Å². The number of ether oxygens (including phenoxy) is 2. The Balaban J connectivity index is 1.92. The molecule has 1 heterocycles. The Hall–Kier alpha value is -0.810. The van der Waals surface area contributed by atoms with E-state index in [1.54, 1.807) is 0 Å². The van der Waals surface area contributed by atoms with Gasteiger partial charge in [0.05, 0.1) is 6.10 Å². The third-order valence-electron chi connectivity index (χ3n) is 3.93. The number of rotatable bonds is 1. The number of hydrogen-bond donors (Lipinski definition) is 2.